The van der Waals surface area contributed by atoms with Gasteiger partial charge in [-0.1, -0.05) is 11.6 Å². The molecule has 0 bridgehead atoms. The molecule has 0 saturated heterocycles. The molecule has 0 aliphatic heterocycles. The van der Waals surface area contributed by atoms with Crippen molar-refractivity contribution in [2.75, 3.05) is 7.11 Å². The molecule has 16 heavy (non-hydrogen) atoms. The molecule has 2 aromatic rings. The fraction of sp³-hybridized carbons (Fsp3) is 0.0909. The first-order valence-electron chi connectivity index (χ1n) is 4.59. The summed E-state index contributed by atoms with van der Waals surface area (Å²) in [6, 6.07) is 3.63. The van der Waals surface area contributed by atoms with Gasteiger partial charge in [0.05, 0.1) is 12.1 Å². The van der Waals surface area contributed by atoms with Gasteiger partial charge in [0.1, 0.15) is 5.69 Å². The predicted molar refractivity (Wildman–Crippen MR) is 60.4 cm³/mol. The van der Waals surface area contributed by atoms with E-state index < -0.39 is 5.97 Å². The SMILES string of the molecule is COC(=O)c1[nH]cc(-c2ccncc2)c1Cl. The minimum atomic E-state index is -0.481. The van der Waals surface area contributed by atoms with Gasteiger partial charge in [0.2, 0.25) is 0 Å². The Kier molecular flexibility index (Phi) is 2.92. The van der Waals surface area contributed by atoms with Crippen LogP contribution in [0.15, 0.2) is 30.7 Å². The maximum atomic E-state index is 11.3. The van der Waals surface area contributed by atoms with Crippen molar-refractivity contribution in [3.63, 3.8) is 0 Å². The number of hydrogen-bond acceptors (Lipinski definition) is 3. The van der Waals surface area contributed by atoms with Gasteiger partial charge in [0.15, 0.2) is 0 Å². The summed E-state index contributed by atoms with van der Waals surface area (Å²) < 4.78 is 4.60. The van der Waals surface area contributed by atoms with Crippen molar-refractivity contribution in [3.8, 4) is 11.1 Å². The Bertz CT molecular complexity index is 508. The van der Waals surface area contributed by atoms with E-state index in [1.807, 2.05) is 12.1 Å². The topological polar surface area (TPSA) is 55.0 Å². The maximum absolute atomic E-state index is 11.3. The van der Waals surface area contributed by atoms with Crippen LogP contribution in [-0.2, 0) is 4.74 Å². The van der Waals surface area contributed by atoms with E-state index in [0.29, 0.717) is 5.02 Å². The molecule has 0 aliphatic rings. The van der Waals surface area contributed by atoms with Crippen molar-refractivity contribution in [1.29, 1.82) is 0 Å². The summed E-state index contributed by atoms with van der Waals surface area (Å²) in [7, 11) is 1.31. The van der Waals surface area contributed by atoms with E-state index in [1.54, 1.807) is 18.6 Å². The first-order chi connectivity index (χ1) is 7.74. The molecule has 0 aliphatic carbocycles. The number of nitrogens with one attached hydrogen (secondary N) is 1. The number of halogens is 1. The number of aromatic amines is 1. The van der Waals surface area contributed by atoms with Crippen LogP contribution < -0.4 is 0 Å². The van der Waals surface area contributed by atoms with Crippen molar-refractivity contribution in [2.45, 2.75) is 0 Å². The van der Waals surface area contributed by atoms with Crippen molar-refractivity contribution in [3.05, 3.63) is 41.4 Å². The van der Waals surface area contributed by atoms with Gasteiger partial charge in [-0.25, -0.2) is 4.79 Å². The highest BCUT2D eigenvalue weighted by molar-refractivity contribution is 6.36. The third kappa shape index (κ3) is 1.79. The molecule has 4 nitrogen and oxygen atoms in total. The first kappa shape index (κ1) is 10.7. The van der Waals surface area contributed by atoms with Gasteiger partial charge in [0, 0.05) is 24.2 Å². The van der Waals surface area contributed by atoms with E-state index in [2.05, 4.69) is 14.7 Å². The Hall–Kier alpha value is -1.81. The molecule has 0 aromatic carbocycles. The van der Waals surface area contributed by atoms with Gasteiger partial charge in [-0.3, -0.25) is 4.98 Å². The molecule has 2 heterocycles. The number of esters is 1. The summed E-state index contributed by atoms with van der Waals surface area (Å²) >= 11 is 6.08. The van der Waals surface area contributed by atoms with Crippen LogP contribution in [0.2, 0.25) is 5.02 Å². The zero-order valence-corrected chi connectivity index (χ0v) is 9.28. The zero-order valence-electron chi connectivity index (χ0n) is 8.53. The number of rotatable bonds is 2. The van der Waals surface area contributed by atoms with E-state index in [1.165, 1.54) is 7.11 Å². The molecule has 0 fully saturated rings. The van der Waals surface area contributed by atoms with Crippen LogP contribution in [0.4, 0.5) is 0 Å². The monoisotopic (exact) mass is 236 g/mol. The lowest BCUT2D eigenvalue weighted by Crippen LogP contribution is -2.01. The lowest BCUT2D eigenvalue weighted by Gasteiger charge is -1.99. The van der Waals surface area contributed by atoms with Crippen LogP contribution in [-0.4, -0.2) is 23.0 Å². The Labute approximate surface area is 97.2 Å². The minimum Gasteiger partial charge on any atom is -0.464 e. The molecule has 2 rings (SSSR count). The third-order valence-electron chi connectivity index (χ3n) is 2.20. The second-order valence-electron chi connectivity index (χ2n) is 3.12. The van der Waals surface area contributed by atoms with Gasteiger partial charge in [-0.05, 0) is 17.7 Å². The Morgan fingerprint density at radius 2 is 2.12 bits per heavy atom. The number of ether oxygens (including phenoxy) is 1. The number of carbonyl (C=O) groups excluding carboxylic acids is 1. The summed E-state index contributed by atoms with van der Waals surface area (Å²) in [6.45, 7) is 0. The zero-order chi connectivity index (χ0) is 11.5. The lowest BCUT2D eigenvalue weighted by molar-refractivity contribution is 0.0595. The van der Waals surface area contributed by atoms with Crippen LogP contribution in [0.25, 0.3) is 11.1 Å². The normalized spacial score (nSPS) is 10.1. The number of aromatic nitrogens is 2. The highest BCUT2D eigenvalue weighted by Crippen LogP contribution is 2.30. The van der Waals surface area contributed by atoms with Gasteiger partial charge in [-0.2, -0.15) is 0 Å². The Morgan fingerprint density at radius 1 is 1.44 bits per heavy atom. The highest BCUT2D eigenvalue weighted by Gasteiger charge is 2.16. The number of pyridine rings is 1. The summed E-state index contributed by atoms with van der Waals surface area (Å²) in [5.41, 5.74) is 1.91. The number of hydrogen-bond donors (Lipinski definition) is 1. The summed E-state index contributed by atoms with van der Waals surface area (Å²) in [5.74, 6) is -0.481. The van der Waals surface area contributed by atoms with Gasteiger partial charge < -0.3 is 9.72 Å². The minimum absolute atomic E-state index is 0.260. The van der Waals surface area contributed by atoms with Crippen LogP contribution in [0.3, 0.4) is 0 Å². The van der Waals surface area contributed by atoms with Crippen molar-refractivity contribution in [1.82, 2.24) is 9.97 Å². The van der Waals surface area contributed by atoms with Crippen LogP contribution in [0, 0.1) is 0 Å². The van der Waals surface area contributed by atoms with Gasteiger partial charge in [0.25, 0.3) is 0 Å². The molecule has 0 atom stereocenters. The molecule has 5 heteroatoms. The summed E-state index contributed by atoms with van der Waals surface area (Å²) in [6.07, 6.45) is 5.00. The van der Waals surface area contributed by atoms with Gasteiger partial charge >= 0.3 is 5.97 Å². The standard InChI is InChI=1S/C11H9ClN2O2/c1-16-11(15)10-9(12)8(6-14-10)7-2-4-13-5-3-7/h2-6,14H,1H3. The Morgan fingerprint density at radius 3 is 2.75 bits per heavy atom. The molecule has 0 radical (unpaired) electrons. The second-order valence-corrected chi connectivity index (χ2v) is 3.50. The number of carbonyl (C=O) groups is 1. The molecular weight excluding hydrogens is 228 g/mol. The number of H-pyrrole nitrogens is 1. The second kappa shape index (κ2) is 4.37. The summed E-state index contributed by atoms with van der Waals surface area (Å²) in [4.78, 5) is 18.0. The first-order valence-corrected chi connectivity index (χ1v) is 4.97. The molecular formula is C11H9ClN2O2. The van der Waals surface area contributed by atoms with Crippen LogP contribution >= 0.6 is 11.6 Å². The molecule has 1 N–H and O–H groups in total. The smallest absolute Gasteiger partial charge is 0.356 e. The van der Waals surface area contributed by atoms with E-state index in [0.717, 1.165) is 11.1 Å². The van der Waals surface area contributed by atoms with E-state index in [-0.39, 0.29) is 5.69 Å². The average molecular weight is 237 g/mol. The average Bonchev–Trinajstić information content (AvgIpc) is 2.71. The highest BCUT2D eigenvalue weighted by atomic mass is 35.5. The Balaban J connectivity index is 2.45. The van der Waals surface area contributed by atoms with E-state index >= 15 is 0 Å². The molecule has 0 saturated carbocycles. The van der Waals surface area contributed by atoms with Crippen molar-refractivity contribution < 1.29 is 9.53 Å². The summed E-state index contributed by atoms with van der Waals surface area (Å²) in [5, 5.41) is 0.359. The predicted octanol–water partition coefficient (Wildman–Crippen LogP) is 2.52. The fourth-order valence-electron chi connectivity index (χ4n) is 1.40. The number of nitrogens with zero attached hydrogens (tertiary/aromatic N) is 1. The fourth-order valence-corrected chi connectivity index (χ4v) is 1.69. The number of methoxy groups -OCH3 is 1. The molecule has 0 amide bonds. The molecule has 0 spiro atoms. The van der Waals surface area contributed by atoms with Crippen LogP contribution in [0.5, 0.6) is 0 Å². The van der Waals surface area contributed by atoms with E-state index in [4.69, 9.17) is 11.6 Å². The van der Waals surface area contributed by atoms with Crippen LogP contribution in [0.1, 0.15) is 10.5 Å². The van der Waals surface area contributed by atoms with Crippen molar-refractivity contribution in [2.24, 2.45) is 0 Å². The lowest BCUT2D eigenvalue weighted by atomic mass is 10.1. The third-order valence-corrected chi connectivity index (χ3v) is 2.59. The molecule has 2 aromatic heterocycles. The van der Waals surface area contributed by atoms with Gasteiger partial charge in [-0.15, -0.1) is 0 Å². The molecule has 82 valence electrons. The molecule has 0 unspecified atom stereocenters. The maximum Gasteiger partial charge on any atom is 0.356 e. The quantitative estimate of drug-likeness (QED) is 0.816. The van der Waals surface area contributed by atoms with E-state index in [9.17, 15) is 4.79 Å². The largest absolute Gasteiger partial charge is 0.464 e. The van der Waals surface area contributed by atoms with Crippen molar-refractivity contribution >= 4 is 17.6 Å².